The Kier molecular flexibility index (Phi) is 3.66. The van der Waals surface area contributed by atoms with E-state index in [1.165, 1.54) is 11.2 Å². The highest BCUT2D eigenvalue weighted by Gasteiger charge is 2.17. The molecule has 0 aliphatic rings. The number of fused-ring (bicyclic) bond motifs is 1. The van der Waals surface area contributed by atoms with Gasteiger partial charge in [-0.2, -0.15) is 0 Å². The molecule has 1 aromatic carbocycles. The molecule has 0 aliphatic heterocycles. The lowest BCUT2D eigenvalue weighted by atomic mass is 10.1. The van der Waals surface area contributed by atoms with Crippen molar-refractivity contribution in [1.29, 1.82) is 0 Å². The van der Waals surface area contributed by atoms with Crippen molar-refractivity contribution in [2.24, 2.45) is 0 Å². The lowest BCUT2D eigenvalue weighted by Gasteiger charge is -2.06. The number of aryl methyl sites for hydroxylation is 2. The minimum absolute atomic E-state index is 0.160. The first kappa shape index (κ1) is 13.7. The summed E-state index contributed by atoms with van der Waals surface area (Å²) in [6.07, 6.45) is 1.45. The van der Waals surface area contributed by atoms with E-state index in [1.807, 2.05) is 44.2 Å². The maximum absolute atomic E-state index is 12.4. The highest BCUT2D eigenvalue weighted by molar-refractivity contribution is 7.18. The summed E-state index contributed by atoms with van der Waals surface area (Å²) in [4.78, 5) is 22.9. The van der Waals surface area contributed by atoms with Gasteiger partial charge in [0, 0.05) is 16.8 Å². The van der Waals surface area contributed by atoms with Gasteiger partial charge < -0.3 is 5.32 Å². The first-order chi connectivity index (χ1) is 10.2. The molecule has 0 fully saturated rings. The van der Waals surface area contributed by atoms with Crippen LogP contribution in [-0.2, 0) is 6.54 Å². The molecular formula is C16H15N3OS. The van der Waals surface area contributed by atoms with E-state index in [0.29, 0.717) is 12.2 Å². The first-order valence-electron chi connectivity index (χ1n) is 6.69. The van der Waals surface area contributed by atoms with E-state index in [1.54, 1.807) is 11.3 Å². The number of carbonyl (C=O) groups is 1. The van der Waals surface area contributed by atoms with Crippen LogP contribution in [0.5, 0.6) is 0 Å². The Bertz CT molecular complexity index is 796. The van der Waals surface area contributed by atoms with Crippen LogP contribution in [0.1, 0.15) is 26.5 Å². The van der Waals surface area contributed by atoms with E-state index in [0.717, 1.165) is 21.3 Å². The van der Waals surface area contributed by atoms with Gasteiger partial charge >= 0.3 is 0 Å². The number of hydrogen-bond donors (Lipinski definition) is 1. The van der Waals surface area contributed by atoms with Crippen molar-refractivity contribution in [2.75, 3.05) is 0 Å². The van der Waals surface area contributed by atoms with E-state index in [4.69, 9.17) is 0 Å². The predicted octanol–water partition coefficient (Wildman–Crippen LogP) is 3.24. The van der Waals surface area contributed by atoms with Crippen molar-refractivity contribution in [2.45, 2.75) is 20.4 Å². The average molecular weight is 297 g/mol. The van der Waals surface area contributed by atoms with Gasteiger partial charge in [-0.25, -0.2) is 9.97 Å². The zero-order chi connectivity index (χ0) is 14.8. The highest BCUT2D eigenvalue weighted by atomic mass is 32.1. The van der Waals surface area contributed by atoms with E-state index in [-0.39, 0.29) is 5.91 Å². The summed E-state index contributed by atoms with van der Waals surface area (Å²) in [5.74, 6) is -0.160. The quantitative estimate of drug-likeness (QED) is 0.807. The Balaban J connectivity index is 1.88. The third-order valence-electron chi connectivity index (χ3n) is 3.48. The van der Waals surface area contributed by atoms with Crippen LogP contribution in [0.2, 0.25) is 0 Å². The Hall–Kier alpha value is -2.27. The number of rotatable bonds is 3. The van der Waals surface area contributed by atoms with Crippen LogP contribution in [0.3, 0.4) is 0 Å². The molecule has 1 N–H and O–H groups in total. The number of thiophene rings is 1. The van der Waals surface area contributed by atoms with Gasteiger partial charge in [-0.3, -0.25) is 4.79 Å². The van der Waals surface area contributed by atoms with Crippen LogP contribution in [0.15, 0.2) is 36.7 Å². The average Bonchev–Trinajstić information content (AvgIpc) is 2.81. The number of benzene rings is 1. The summed E-state index contributed by atoms with van der Waals surface area (Å²) < 4.78 is 0. The van der Waals surface area contributed by atoms with Crippen LogP contribution in [0.4, 0.5) is 0 Å². The summed E-state index contributed by atoms with van der Waals surface area (Å²) in [5, 5.41) is 3.79. The summed E-state index contributed by atoms with van der Waals surface area (Å²) in [5.41, 5.74) is 2.60. The second-order valence-electron chi connectivity index (χ2n) is 4.85. The largest absolute Gasteiger partial charge is 0.347 e. The van der Waals surface area contributed by atoms with E-state index in [2.05, 4.69) is 15.3 Å². The Morgan fingerprint density at radius 1 is 1.19 bits per heavy atom. The Morgan fingerprint density at radius 3 is 2.71 bits per heavy atom. The molecule has 3 aromatic rings. The van der Waals surface area contributed by atoms with Gasteiger partial charge in [-0.05, 0) is 25.0 Å². The summed E-state index contributed by atoms with van der Waals surface area (Å²) in [6, 6.07) is 9.83. The van der Waals surface area contributed by atoms with Crippen molar-refractivity contribution in [1.82, 2.24) is 15.3 Å². The third-order valence-corrected chi connectivity index (χ3v) is 4.59. The number of amides is 1. The Morgan fingerprint density at radius 2 is 1.95 bits per heavy atom. The van der Waals surface area contributed by atoms with Crippen LogP contribution in [-0.4, -0.2) is 15.9 Å². The zero-order valence-corrected chi connectivity index (χ0v) is 12.7. The molecule has 5 heteroatoms. The highest BCUT2D eigenvalue weighted by Crippen LogP contribution is 2.29. The molecule has 0 unspecified atom stereocenters. The second-order valence-corrected chi connectivity index (χ2v) is 6.06. The van der Waals surface area contributed by atoms with Crippen molar-refractivity contribution in [3.63, 3.8) is 0 Å². The van der Waals surface area contributed by atoms with Crippen molar-refractivity contribution >= 4 is 27.5 Å². The molecule has 0 saturated heterocycles. The van der Waals surface area contributed by atoms with Gasteiger partial charge in [0.05, 0.1) is 0 Å². The van der Waals surface area contributed by atoms with Crippen molar-refractivity contribution in [3.8, 4) is 0 Å². The number of hydrogen-bond acceptors (Lipinski definition) is 4. The summed E-state index contributed by atoms with van der Waals surface area (Å²) >= 11 is 1.59. The first-order valence-corrected chi connectivity index (χ1v) is 7.51. The van der Waals surface area contributed by atoms with Gasteiger partial charge in [0.25, 0.3) is 5.91 Å². The summed E-state index contributed by atoms with van der Waals surface area (Å²) in [6.45, 7) is 4.53. The molecule has 21 heavy (non-hydrogen) atoms. The molecule has 1 amide bonds. The molecule has 4 nitrogen and oxygen atoms in total. The lowest BCUT2D eigenvalue weighted by molar-refractivity contribution is 0.0947. The Labute approximate surface area is 126 Å². The van der Waals surface area contributed by atoms with Crippen molar-refractivity contribution < 1.29 is 4.79 Å². The molecule has 2 aromatic heterocycles. The fourth-order valence-electron chi connectivity index (χ4n) is 2.22. The number of nitrogens with one attached hydrogen (secondary N) is 1. The topological polar surface area (TPSA) is 54.9 Å². The zero-order valence-electron chi connectivity index (χ0n) is 11.9. The predicted molar refractivity (Wildman–Crippen MR) is 84.5 cm³/mol. The molecule has 106 valence electrons. The smallest absolute Gasteiger partial charge is 0.270 e. The molecule has 3 rings (SSSR count). The van der Waals surface area contributed by atoms with Gasteiger partial charge in [0.15, 0.2) is 0 Å². The molecule has 0 radical (unpaired) electrons. The SMILES string of the molecule is Cc1sc2ncnc(C(=O)NCc3ccccc3)c2c1C. The third kappa shape index (κ3) is 2.64. The number of aromatic nitrogens is 2. The van der Waals surface area contributed by atoms with Crippen LogP contribution in [0, 0.1) is 13.8 Å². The molecular weight excluding hydrogens is 282 g/mol. The molecule has 0 saturated carbocycles. The molecule has 0 bridgehead atoms. The minimum atomic E-state index is -0.160. The maximum Gasteiger partial charge on any atom is 0.270 e. The second kappa shape index (κ2) is 5.61. The van der Waals surface area contributed by atoms with Crippen molar-refractivity contribution in [3.05, 3.63) is 58.4 Å². The van der Waals surface area contributed by atoms with Crippen LogP contribution >= 0.6 is 11.3 Å². The van der Waals surface area contributed by atoms with Crippen LogP contribution < -0.4 is 5.32 Å². The van der Waals surface area contributed by atoms with E-state index < -0.39 is 0 Å². The monoisotopic (exact) mass is 297 g/mol. The standard InChI is InChI=1S/C16H15N3OS/c1-10-11(2)21-16-13(10)14(18-9-19-16)15(20)17-8-12-6-4-3-5-7-12/h3-7,9H,8H2,1-2H3,(H,17,20). The molecule has 0 aliphatic carbocycles. The van der Waals surface area contributed by atoms with Gasteiger partial charge in [0.2, 0.25) is 0 Å². The lowest BCUT2D eigenvalue weighted by Crippen LogP contribution is -2.24. The molecule has 0 atom stereocenters. The van der Waals surface area contributed by atoms with E-state index in [9.17, 15) is 4.79 Å². The normalized spacial score (nSPS) is 10.8. The van der Waals surface area contributed by atoms with Gasteiger partial charge in [-0.15, -0.1) is 11.3 Å². The number of carbonyl (C=O) groups excluding carboxylic acids is 1. The maximum atomic E-state index is 12.4. The fourth-order valence-corrected chi connectivity index (χ4v) is 3.21. The van der Waals surface area contributed by atoms with E-state index >= 15 is 0 Å². The van der Waals surface area contributed by atoms with Gasteiger partial charge in [-0.1, -0.05) is 30.3 Å². The van der Waals surface area contributed by atoms with Crippen LogP contribution in [0.25, 0.3) is 10.2 Å². The molecule has 2 heterocycles. The molecule has 0 spiro atoms. The van der Waals surface area contributed by atoms with Gasteiger partial charge in [0.1, 0.15) is 16.9 Å². The fraction of sp³-hybridized carbons (Fsp3) is 0.188. The minimum Gasteiger partial charge on any atom is -0.347 e. The number of nitrogens with zero attached hydrogens (tertiary/aromatic N) is 2. The summed E-state index contributed by atoms with van der Waals surface area (Å²) in [7, 11) is 0.